The van der Waals surface area contributed by atoms with E-state index in [4.69, 9.17) is 0 Å². The predicted molar refractivity (Wildman–Crippen MR) is 21.9 cm³/mol. The Labute approximate surface area is 33.6 Å². The van der Waals surface area contributed by atoms with E-state index in [1.165, 1.54) is 0 Å². The van der Waals surface area contributed by atoms with Crippen LogP contribution in [-0.2, 0) is 0 Å². The molecule has 0 aromatic carbocycles. The van der Waals surface area contributed by atoms with Gasteiger partial charge in [0.1, 0.15) is 0 Å². The van der Waals surface area contributed by atoms with E-state index >= 15 is 0 Å². The van der Waals surface area contributed by atoms with Gasteiger partial charge in [-0.15, -0.1) is 0 Å². The molecule has 1 rings (SSSR count). The van der Waals surface area contributed by atoms with E-state index in [1.54, 1.807) is 0 Å². The van der Waals surface area contributed by atoms with Crippen molar-refractivity contribution in [2.75, 3.05) is 0 Å². The van der Waals surface area contributed by atoms with E-state index < -0.39 is 0 Å². The van der Waals surface area contributed by atoms with Crippen LogP contribution in [0.15, 0.2) is 12.2 Å². The van der Waals surface area contributed by atoms with Crippen LogP contribution in [0.4, 0.5) is 0 Å². The minimum absolute atomic E-state index is 0.646. The van der Waals surface area contributed by atoms with Crippen LogP contribution in [0.1, 0.15) is 0 Å². The van der Waals surface area contributed by atoms with Gasteiger partial charge in [0.05, 0.1) is 4.83 Å². The van der Waals surface area contributed by atoms with Crippen molar-refractivity contribution in [2.24, 2.45) is 0 Å². The Hall–Kier alpha value is 0.220. The third kappa shape index (κ3) is 0.319. The Morgan fingerprint density at radius 3 is 1.75 bits per heavy atom. The molecule has 1 heteroatoms. The fourth-order valence-corrected chi connectivity index (χ4v) is 0.218. The summed E-state index contributed by atoms with van der Waals surface area (Å²) in [6.07, 6.45) is 4.17. The highest BCUT2D eigenvalue weighted by atomic mass is 79.9. The summed E-state index contributed by atoms with van der Waals surface area (Å²) in [5.74, 6) is 0. The molecule has 0 heterocycles. The molecular formula is C3H3Br. The lowest BCUT2D eigenvalue weighted by Crippen LogP contribution is -1.49. The molecule has 0 saturated carbocycles. The van der Waals surface area contributed by atoms with Crippen molar-refractivity contribution in [1.82, 2.24) is 0 Å². The van der Waals surface area contributed by atoms with Crippen LogP contribution in [0.5, 0.6) is 0 Å². The molecule has 0 bridgehead atoms. The van der Waals surface area contributed by atoms with Crippen molar-refractivity contribution < 1.29 is 0 Å². The zero-order chi connectivity index (χ0) is 2.99. The molecular weight excluding hydrogens is 116 g/mol. The number of hydrogen-bond donors (Lipinski definition) is 0. The zero-order valence-corrected chi connectivity index (χ0v) is 3.70. The number of alkyl halides is 1. The minimum Gasteiger partial charge on any atom is -0.0800 e. The van der Waals surface area contributed by atoms with Crippen LogP contribution in [0.2, 0.25) is 0 Å². The molecule has 4 heavy (non-hydrogen) atoms. The molecule has 0 unspecified atom stereocenters. The van der Waals surface area contributed by atoms with Crippen molar-refractivity contribution in [2.45, 2.75) is 4.83 Å². The van der Waals surface area contributed by atoms with Crippen LogP contribution in [0.25, 0.3) is 0 Å². The first-order valence-corrected chi connectivity index (χ1v) is 2.13. The molecule has 0 fully saturated rings. The van der Waals surface area contributed by atoms with E-state index in [0.717, 1.165) is 0 Å². The SMILES string of the molecule is BrC1C=C1. The van der Waals surface area contributed by atoms with Gasteiger partial charge < -0.3 is 0 Å². The number of halogens is 1. The van der Waals surface area contributed by atoms with Gasteiger partial charge in [-0.2, -0.15) is 0 Å². The monoisotopic (exact) mass is 118 g/mol. The van der Waals surface area contributed by atoms with Crippen LogP contribution in [-0.4, -0.2) is 4.83 Å². The first kappa shape index (κ1) is 2.46. The summed E-state index contributed by atoms with van der Waals surface area (Å²) >= 11 is 3.27. The van der Waals surface area contributed by atoms with Crippen molar-refractivity contribution in [1.29, 1.82) is 0 Å². The summed E-state index contributed by atoms with van der Waals surface area (Å²) in [5.41, 5.74) is 0. The molecule has 0 atom stereocenters. The standard InChI is InChI=1S/C3H3Br/c4-3-1-2-3/h1-3H. The predicted octanol–water partition coefficient (Wildman–Crippen LogP) is 1.32. The van der Waals surface area contributed by atoms with E-state index in [0.29, 0.717) is 4.83 Å². The summed E-state index contributed by atoms with van der Waals surface area (Å²) < 4.78 is 0. The van der Waals surface area contributed by atoms with Gasteiger partial charge in [-0.25, -0.2) is 0 Å². The van der Waals surface area contributed by atoms with Gasteiger partial charge in [0.25, 0.3) is 0 Å². The number of rotatable bonds is 0. The molecule has 22 valence electrons. The maximum Gasteiger partial charge on any atom is 0.0506 e. The van der Waals surface area contributed by atoms with Crippen LogP contribution < -0.4 is 0 Å². The van der Waals surface area contributed by atoms with Gasteiger partial charge in [0, 0.05) is 0 Å². The van der Waals surface area contributed by atoms with E-state index in [1.807, 2.05) is 0 Å². The lowest BCUT2D eigenvalue weighted by Gasteiger charge is -1.55. The van der Waals surface area contributed by atoms with E-state index in [2.05, 4.69) is 28.1 Å². The lowest BCUT2D eigenvalue weighted by atomic mass is 10.9. The van der Waals surface area contributed by atoms with Gasteiger partial charge in [-0.3, -0.25) is 0 Å². The molecule has 0 spiro atoms. The molecule has 0 N–H and O–H groups in total. The fraction of sp³-hybridized carbons (Fsp3) is 0.333. The highest BCUT2D eigenvalue weighted by molar-refractivity contribution is 9.10. The molecule has 0 aromatic rings. The van der Waals surface area contributed by atoms with E-state index in [9.17, 15) is 0 Å². The maximum atomic E-state index is 3.27. The van der Waals surface area contributed by atoms with Crippen molar-refractivity contribution in [3.8, 4) is 0 Å². The molecule has 0 nitrogen and oxygen atoms in total. The highest BCUT2D eigenvalue weighted by Gasteiger charge is 2.00. The molecule has 0 aliphatic heterocycles. The van der Waals surface area contributed by atoms with Crippen LogP contribution in [0, 0.1) is 0 Å². The minimum atomic E-state index is 0.646. The van der Waals surface area contributed by atoms with Crippen LogP contribution in [0.3, 0.4) is 0 Å². The second kappa shape index (κ2) is 0.582. The molecule has 1 aliphatic rings. The third-order valence-electron chi connectivity index (χ3n) is 0.338. The third-order valence-corrected chi connectivity index (χ3v) is 0.948. The summed E-state index contributed by atoms with van der Waals surface area (Å²) in [6, 6.07) is 0. The average Bonchev–Trinajstić information content (AvgIpc) is 1.75. The Morgan fingerprint density at radius 2 is 1.75 bits per heavy atom. The lowest BCUT2D eigenvalue weighted by molar-refractivity contribution is 1.77. The second-order valence-corrected chi connectivity index (χ2v) is 1.89. The quantitative estimate of drug-likeness (QED) is 0.333. The normalized spacial score (nSPS) is 22.2. The van der Waals surface area contributed by atoms with Crippen molar-refractivity contribution in [3.05, 3.63) is 12.2 Å². The summed E-state index contributed by atoms with van der Waals surface area (Å²) in [5, 5.41) is 0. The Kier molecular flexibility index (Phi) is 0.358. The highest BCUT2D eigenvalue weighted by Crippen LogP contribution is 2.14. The van der Waals surface area contributed by atoms with Crippen LogP contribution >= 0.6 is 15.9 Å². The van der Waals surface area contributed by atoms with Gasteiger partial charge in [0.2, 0.25) is 0 Å². The van der Waals surface area contributed by atoms with Gasteiger partial charge >= 0.3 is 0 Å². The topological polar surface area (TPSA) is 0 Å². The van der Waals surface area contributed by atoms with Crippen molar-refractivity contribution >= 4 is 15.9 Å². The first-order valence-electron chi connectivity index (χ1n) is 1.22. The largest absolute Gasteiger partial charge is 0.0800 e. The molecule has 0 saturated heterocycles. The summed E-state index contributed by atoms with van der Waals surface area (Å²) in [4.78, 5) is 0.646. The van der Waals surface area contributed by atoms with Gasteiger partial charge in [-0.1, -0.05) is 28.1 Å². The molecule has 0 amide bonds. The average molecular weight is 119 g/mol. The summed E-state index contributed by atoms with van der Waals surface area (Å²) in [6.45, 7) is 0. The molecule has 0 radical (unpaired) electrons. The maximum absolute atomic E-state index is 3.27. The molecule has 0 aromatic heterocycles. The van der Waals surface area contributed by atoms with Gasteiger partial charge in [-0.05, 0) is 0 Å². The number of hydrogen-bond acceptors (Lipinski definition) is 0. The Bertz CT molecular complexity index is 41.2. The van der Waals surface area contributed by atoms with Crippen molar-refractivity contribution in [3.63, 3.8) is 0 Å². The first-order chi connectivity index (χ1) is 1.89. The molecule has 1 aliphatic carbocycles. The zero-order valence-electron chi connectivity index (χ0n) is 2.11. The smallest absolute Gasteiger partial charge is 0.0506 e. The summed E-state index contributed by atoms with van der Waals surface area (Å²) in [7, 11) is 0. The Morgan fingerprint density at radius 1 is 1.50 bits per heavy atom. The van der Waals surface area contributed by atoms with Gasteiger partial charge in [0.15, 0.2) is 0 Å². The Balaban J connectivity index is 2.32. The second-order valence-electron chi connectivity index (χ2n) is 0.829. The number of allylic oxidation sites excluding steroid dienone is 2. The van der Waals surface area contributed by atoms with E-state index in [-0.39, 0.29) is 0 Å². The fourth-order valence-electron chi connectivity index (χ4n) is 0.0420.